The van der Waals surface area contributed by atoms with E-state index >= 15 is 0 Å². The summed E-state index contributed by atoms with van der Waals surface area (Å²) < 4.78 is 48.0. The van der Waals surface area contributed by atoms with E-state index in [1.807, 2.05) is 0 Å². The number of nitrogens with zero attached hydrogens (tertiary/aromatic N) is 1. The Hall–Kier alpha value is -0.540. The first-order valence-electron chi connectivity index (χ1n) is 3.54. The van der Waals surface area contributed by atoms with Crippen LogP contribution in [0.5, 0.6) is 0 Å². The molecule has 10 heteroatoms. The van der Waals surface area contributed by atoms with Crippen LogP contribution in [0.3, 0.4) is 0 Å². The summed E-state index contributed by atoms with van der Waals surface area (Å²) >= 11 is 5.18. The fourth-order valence-electron chi connectivity index (χ4n) is 0.695. The summed E-state index contributed by atoms with van der Waals surface area (Å²) in [4.78, 5) is 11.1. The van der Waals surface area contributed by atoms with Crippen molar-refractivity contribution in [1.82, 2.24) is 3.71 Å². The smallest absolute Gasteiger partial charge is 0.438 e. The number of amides is 1. The normalized spacial score (nSPS) is 12.2. The number of carbonyl (C=O) groups excluding carboxylic acids is 1. The van der Waals surface area contributed by atoms with Gasteiger partial charge in [0.05, 0.1) is 18.4 Å². The summed E-state index contributed by atoms with van der Waals surface area (Å²) in [5.74, 6) is -0.0624. The molecule has 0 spiro atoms. The second-order valence-electron chi connectivity index (χ2n) is 2.53. The minimum atomic E-state index is -4.22. The quantitative estimate of drug-likeness (QED) is 0.649. The van der Waals surface area contributed by atoms with Gasteiger partial charge >= 0.3 is 6.09 Å². The SMILES string of the molecule is CS(=O)(=O)N(C(=O)OCCCl)S(C)(=O)=O. The van der Waals surface area contributed by atoms with Crippen molar-refractivity contribution in [1.29, 1.82) is 0 Å². The second kappa shape index (κ2) is 4.99. The van der Waals surface area contributed by atoms with Gasteiger partial charge in [-0.15, -0.1) is 11.6 Å². The number of ether oxygens (including phenoxy) is 1. The minimum Gasteiger partial charge on any atom is -0.447 e. The van der Waals surface area contributed by atoms with E-state index in [2.05, 4.69) is 4.74 Å². The maximum absolute atomic E-state index is 11.1. The Morgan fingerprint density at radius 1 is 1.20 bits per heavy atom. The van der Waals surface area contributed by atoms with E-state index in [4.69, 9.17) is 11.6 Å². The molecule has 0 N–H and O–H groups in total. The molecule has 0 fully saturated rings. The second-order valence-corrected chi connectivity index (χ2v) is 6.80. The minimum absolute atomic E-state index is 0.0624. The van der Waals surface area contributed by atoms with Crippen molar-refractivity contribution in [2.75, 3.05) is 25.0 Å². The summed E-state index contributed by atoms with van der Waals surface area (Å²) in [7, 11) is -8.45. The summed E-state index contributed by atoms with van der Waals surface area (Å²) in [5.41, 5.74) is 0. The molecule has 0 aromatic rings. The highest BCUT2D eigenvalue weighted by atomic mass is 35.5. The Morgan fingerprint density at radius 3 is 1.87 bits per heavy atom. The molecule has 0 saturated carbocycles. The number of rotatable bonds is 4. The van der Waals surface area contributed by atoms with Gasteiger partial charge in [-0.25, -0.2) is 21.6 Å². The van der Waals surface area contributed by atoms with Crippen LogP contribution in [0.15, 0.2) is 0 Å². The summed E-state index contributed by atoms with van der Waals surface area (Å²) in [6.45, 7) is -0.276. The third-order valence-electron chi connectivity index (χ3n) is 1.05. The van der Waals surface area contributed by atoms with Crippen molar-refractivity contribution < 1.29 is 26.4 Å². The average molecular weight is 280 g/mol. The van der Waals surface area contributed by atoms with Crippen LogP contribution in [0.1, 0.15) is 0 Å². The molecular weight excluding hydrogens is 270 g/mol. The first-order chi connectivity index (χ1) is 6.60. The summed E-state index contributed by atoms with van der Waals surface area (Å²) in [6.07, 6.45) is -0.327. The predicted octanol–water partition coefficient (Wildman–Crippen LogP) is -0.417. The molecule has 0 bridgehead atoms. The molecule has 0 radical (unpaired) electrons. The van der Waals surface area contributed by atoms with Gasteiger partial charge in [0, 0.05) is 0 Å². The number of halogens is 1. The molecule has 0 aliphatic rings. The van der Waals surface area contributed by atoms with Gasteiger partial charge < -0.3 is 4.74 Å². The number of carbonyl (C=O) groups is 1. The van der Waals surface area contributed by atoms with Gasteiger partial charge in [-0.05, 0) is 0 Å². The molecule has 0 aliphatic carbocycles. The van der Waals surface area contributed by atoms with Gasteiger partial charge in [0.2, 0.25) is 20.0 Å². The van der Waals surface area contributed by atoms with Gasteiger partial charge in [0.1, 0.15) is 6.61 Å². The van der Waals surface area contributed by atoms with Crippen molar-refractivity contribution in [2.24, 2.45) is 0 Å². The van der Waals surface area contributed by atoms with Crippen molar-refractivity contribution in [3.8, 4) is 0 Å². The lowest BCUT2D eigenvalue weighted by atomic mass is 10.9. The Balaban J connectivity index is 5.09. The molecule has 7 nitrogen and oxygen atoms in total. The monoisotopic (exact) mass is 279 g/mol. The molecule has 0 saturated heterocycles. The topological polar surface area (TPSA) is 97.8 Å². The van der Waals surface area contributed by atoms with Gasteiger partial charge in [-0.3, -0.25) is 0 Å². The van der Waals surface area contributed by atoms with Crippen molar-refractivity contribution in [3.05, 3.63) is 0 Å². The lowest BCUT2D eigenvalue weighted by Crippen LogP contribution is -2.40. The van der Waals surface area contributed by atoms with Crippen LogP contribution in [0, 0.1) is 0 Å². The van der Waals surface area contributed by atoms with E-state index in [1.54, 1.807) is 0 Å². The third kappa shape index (κ3) is 4.67. The van der Waals surface area contributed by atoms with E-state index in [9.17, 15) is 21.6 Å². The van der Waals surface area contributed by atoms with Gasteiger partial charge in [0.15, 0.2) is 0 Å². The van der Waals surface area contributed by atoms with Gasteiger partial charge in [-0.2, -0.15) is 0 Å². The van der Waals surface area contributed by atoms with Crippen molar-refractivity contribution >= 4 is 37.7 Å². The molecule has 0 aromatic carbocycles. The van der Waals surface area contributed by atoms with Crippen LogP contribution in [0.2, 0.25) is 0 Å². The van der Waals surface area contributed by atoms with E-state index in [0.29, 0.717) is 12.5 Å². The lowest BCUT2D eigenvalue weighted by Gasteiger charge is -2.16. The molecule has 0 rings (SSSR count). The number of sulfonamides is 2. The van der Waals surface area contributed by atoms with Crippen LogP contribution in [-0.2, 0) is 24.8 Å². The maximum Gasteiger partial charge on any atom is 0.438 e. The molecule has 0 heterocycles. The highest BCUT2D eigenvalue weighted by Crippen LogP contribution is 2.07. The first-order valence-corrected chi connectivity index (χ1v) is 7.77. The van der Waals surface area contributed by atoms with Gasteiger partial charge in [-0.1, -0.05) is 3.71 Å². The highest BCUT2D eigenvalue weighted by Gasteiger charge is 2.33. The number of hydrogen-bond donors (Lipinski definition) is 0. The fraction of sp³-hybridized carbons (Fsp3) is 0.800. The van der Waals surface area contributed by atoms with E-state index in [1.165, 1.54) is 0 Å². The Kier molecular flexibility index (Phi) is 4.81. The number of alkyl halides is 1. The highest BCUT2D eigenvalue weighted by molar-refractivity contribution is 8.04. The van der Waals surface area contributed by atoms with Crippen LogP contribution >= 0.6 is 11.6 Å². The predicted molar refractivity (Wildman–Crippen MR) is 53.6 cm³/mol. The van der Waals surface area contributed by atoms with Crippen LogP contribution in [0.25, 0.3) is 0 Å². The zero-order valence-corrected chi connectivity index (χ0v) is 10.4. The molecule has 0 aliphatic heterocycles. The average Bonchev–Trinajstić information content (AvgIpc) is 1.94. The molecule has 15 heavy (non-hydrogen) atoms. The van der Waals surface area contributed by atoms with Crippen LogP contribution in [0.4, 0.5) is 4.79 Å². The summed E-state index contributed by atoms with van der Waals surface area (Å²) in [6, 6.07) is 0. The molecular formula is C5H10ClNO6S2. The Labute approximate surface area is 93.1 Å². The van der Waals surface area contributed by atoms with E-state index in [0.717, 1.165) is 0 Å². The molecule has 0 unspecified atom stereocenters. The van der Waals surface area contributed by atoms with Crippen molar-refractivity contribution in [3.63, 3.8) is 0 Å². The maximum atomic E-state index is 11.1. The van der Waals surface area contributed by atoms with Crippen LogP contribution in [-0.4, -0.2) is 51.6 Å². The summed E-state index contributed by atoms with van der Waals surface area (Å²) in [5, 5.41) is 0. The number of hydrogen-bond acceptors (Lipinski definition) is 6. The molecule has 90 valence electrons. The lowest BCUT2D eigenvalue weighted by molar-refractivity contribution is 0.146. The van der Waals surface area contributed by atoms with E-state index in [-0.39, 0.29) is 16.2 Å². The zero-order valence-electron chi connectivity index (χ0n) is 8.01. The fourth-order valence-corrected chi connectivity index (χ4v) is 3.39. The molecule has 0 aromatic heterocycles. The Morgan fingerprint density at radius 2 is 1.60 bits per heavy atom. The molecule has 0 atom stereocenters. The molecule has 1 amide bonds. The van der Waals surface area contributed by atoms with Gasteiger partial charge in [0.25, 0.3) is 0 Å². The zero-order chi connectivity index (χ0) is 12.3. The van der Waals surface area contributed by atoms with Crippen LogP contribution < -0.4 is 0 Å². The largest absolute Gasteiger partial charge is 0.447 e. The van der Waals surface area contributed by atoms with E-state index < -0.39 is 26.1 Å². The Bertz CT molecular complexity index is 394. The standard InChI is InChI=1S/C5H10ClNO6S2/c1-14(9,10)7(15(2,11)12)5(8)13-4-3-6/h3-4H2,1-2H3. The van der Waals surface area contributed by atoms with Crippen molar-refractivity contribution in [2.45, 2.75) is 0 Å². The first kappa shape index (κ1) is 14.5. The third-order valence-corrected chi connectivity index (χ3v) is 4.34.